The summed E-state index contributed by atoms with van der Waals surface area (Å²) in [7, 11) is 5.39. The molecule has 4 aromatic rings. The molecule has 346 valence electrons. The maximum atomic E-state index is 14.9. The third-order valence-electron chi connectivity index (χ3n) is 12.3. The fourth-order valence-electron chi connectivity index (χ4n) is 8.54. The molecule has 16 nitrogen and oxygen atoms in total. The van der Waals surface area contributed by atoms with Crippen molar-refractivity contribution in [2.24, 2.45) is 11.8 Å². The molecule has 1 saturated heterocycles. The monoisotopic (exact) mass is 908 g/mol. The normalized spacial score (nSPS) is 23.3. The van der Waals surface area contributed by atoms with Crippen molar-refractivity contribution in [1.82, 2.24) is 30.8 Å². The number of rotatable bonds is 13. The molecule has 1 unspecified atom stereocenters. The second-order valence-corrected chi connectivity index (χ2v) is 18.9. The Morgan fingerprint density at radius 3 is 2.46 bits per heavy atom. The molecule has 65 heavy (non-hydrogen) atoms. The van der Waals surface area contributed by atoms with Crippen molar-refractivity contribution in [2.45, 2.75) is 108 Å². The topological polar surface area (TPSA) is 204 Å². The number of fused-ring (bicyclic) bond motifs is 3. The minimum atomic E-state index is -1.50. The van der Waals surface area contributed by atoms with E-state index in [1.807, 2.05) is 82.4 Å². The van der Waals surface area contributed by atoms with Crippen LogP contribution >= 0.6 is 11.3 Å². The van der Waals surface area contributed by atoms with E-state index in [4.69, 9.17) is 19.4 Å². The number of Topliss-reactive ketones (excluding diaryl/α,β-unsaturated/α-hetero) is 1. The van der Waals surface area contributed by atoms with Gasteiger partial charge in [-0.2, -0.15) is 0 Å². The van der Waals surface area contributed by atoms with E-state index in [1.54, 1.807) is 37.4 Å². The lowest BCUT2D eigenvalue weighted by atomic mass is 9.95. The van der Waals surface area contributed by atoms with Gasteiger partial charge in [-0.15, -0.1) is 11.3 Å². The predicted octanol–water partition coefficient (Wildman–Crippen LogP) is 6.66. The number of hydrogen-bond acceptors (Lipinski definition) is 12. The summed E-state index contributed by atoms with van der Waals surface area (Å²) in [5.41, 5.74) is 1.62. The Hall–Kier alpha value is -6.23. The number of thiazole rings is 1. The van der Waals surface area contributed by atoms with Crippen LogP contribution in [0.4, 0.5) is 15.6 Å². The van der Waals surface area contributed by atoms with Crippen LogP contribution in [0.25, 0.3) is 22.3 Å². The number of nitrogens with zero attached hydrogens (tertiary/aromatic N) is 4. The molecule has 0 radical (unpaired) electrons. The minimum Gasteiger partial charge on any atom is -0.497 e. The number of anilines is 2. The molecule has 1 saturated carbocycles. The van der Waals surface area contributed by atoms with Gasteiger partial charge in [-0.3, -0.25) is 14.4 Å². The molecule has 4 amide bonds. The number of urea groups is 1. The second kappa shape index (κ2) is 19.9. The van der Waals surface area contributed by atoms with Crippen LogP contribution in [0.3, 0.4) is 0 Å². The van der Waals surface area contributed by atoms with Gasteiger partial charge in [0, 0.05) is 66.6 Å². The number of ether oxygens (including phenoxy) is 2. The van der Waals surface area contributed by atoms with Crippen LogP contribution in [-0.4, -0.2) is 113 Å². The first-order valence-corrected chi connectivity index (χ1v) is 23.2. The second-order valence-electron chi connectivity index (χ2n) is 18.0. The van der Waals surface area contributed by atoms with Gasteiger partial charge in [0.25, 0.3) is 0 Å². The van der Waals surface area contributed by atoms with Crippen LogP contribution in [0.5, 0.6) is 11.5 Å². The van der Waals surface area contributed by atoms with Crippen molar-refractivity contribution in [3.63, 3.8) is 0 Å². The van der Waals surface area contributed by atoms with Gasteiger partial charge in [-0.05, 0) is 81.8 Å². The molecule has 0 spiro atoms. The molecule has 2 aliphatic heterocycles. The number of allylic oxidation sites excluding steroid dienone is 1. The number of amides is 4. The highest BCUT2D eigenvalue weighted by atomic mass is 32.1. The first kappa shape index (κ1) is 46.8. The van der Waals surface area contributed by atoms with Gasteiger partial charge in [-0.25, -0.2) is 19.6 Å². The fraction of sp³-hybridized carbons (Fsp3) is 0.479. The van der Waals surface area contributed by atoms with Crippen LogP contribution in [-0.2, 0) is 14.4 Å². The van der Waals surface area contributed by atoms with E-state index in [2.05, 4.69) is 21.3 Å². The summed E-state index contributed by atoms with van der Waals surface area (Å²) in [5.74, 6) is -2.19. The maximum absolute atomic E-state index is 14.9. The van der Waals surface area contributed by atoms with Crippen molar-refractivity contribution in [2.75, 3.05) is 38.0 Å². The van der Waals surface area contributed by atoms with Gasteiger partial charge in [0.2, 0.25) is 11.8 Å². The summed E-state index contributed by atoms with van der Waals surface area (Å²) >= 11 is 1.45. The SMILES string of the molecule is COc1ccc2c(O[C@@H]3C[C@H]4C(=O)N[C@]5(C(=O)O)CC5/C=C\CCCCC[C@H](NC(=O)N[C@H](C(=O)c5ccc(N(C)C)cc5)C(C)C)C(=O)N4C3)cc(-c3csc(NC(C)C)n3)nc2c1. The number of carbonyl (C=O) groups excluding carboxylic acids is 4. The van der Waals surface area contributed by atoms with Crippen molar-refractivity contribution in [1.29, 1.82) is 0 Å². The molecule has 17 heteroatoms. The maximum Gasteiger partial charge on any atom is 0.330 e. The minimum absolute atomic E-state index is 0.0371. The van der Waals surface area contributed by atoms with E-state index in [9.17, 15) is 29.1 Å². The molecule has 2 fully saturated rings. The number of carboxylic acid groups (broad SMARTS) is 1. The quantitative estimate of drug-likeness (QED) is 0.0707. The number of carbonyl (C=O) groups is 5. The van der Waals surface area contributed by atoms with Gasteiger partial charge in [0.05, 0.1) is 30.9 Å². The molecule has 4 heterocycles. The molecule has 5 N–H and O–H groups in total. The van der Waals surface area contributed by atoms with E-state index >= 15 is 0 Å². The van der Waals surface area contributed by atoms with Gasteiger partial charge in [0.15, 0.2) is 10.9 Å². The molecule has 6 atom stereocenters. The van der Waals surface area contributed by atoms with Crippen molar-refractivity contribution >= 4 is 62.7 Å². The van der Waals surface area contributed by atoms with Crippen molar-refractivity contribution in [3.8, 4) is 22.9 Å². The molecule has 0 bridgehead atoms. The van der Waals surface area contributed by atoms with E-state index in [0.29, 0.717) is 52.2 Å². The van der Waals surface area contributed by atoms with Crippen LogP contribution in [0.2, 0.25) is 0 Å². The third-order valence-corrected chi connectivity index (χ3v) is 13.1. The largest absolute Gasteiger partial charge is 0.497 e. The van der Waals surface area contributed by atoms with Gasteiger partial charge < -0.3 is 45.6 Å². The van der Waals surface area contributed by atoms with Crippen LogP contribution < -0.4 is 35.6 Å². The smallest absolute Gasteiger partial charge is 0.330 e. The number of aliphatic carboxylic acids is 1. The summed E-state index contributed by atoms with van der Waals surface area (Å²) in [4.78, 5) is 82.8. The number of ketones is 1. The van der Waals surface area contributed by atoms with Gasteiger partial charge in [0.1, 0.15) is 40.9 Å². The van der Waals surface area contributed by atoms with Gasteiger partial charge in [-0.1, -0.05) is 38.8 Å². The number of nitrogens with one attached hydrogen (secondary N) is 4. The molecular weight excluding hydrogens is 849 g/mol. The Morgan fingerprint density at radius 2 is 1.77 bits per heavy atom. The molecule has 2 aromatic heterocycles. The summed E-state index contributed by atoms with van der Waals surface area (Å²) in [6.07, 6.45) is 6.43. The number of pyridine rings is 1. The lowest BCUT2D eigenvalue weighted by Crippen LogP contribution is -2.58. The molecule has 7 rings (SSSR count). The lowest BCUT2D eigenvalue weighted by Gasteiger charge is -2.30. The Bertz CT molecular complexity index is 2440. The third kappa shape index (κ3) is 10.7. The highest BCUT2D eigenvalue weighted by molar-refractivity contribution is 7.14. The molecule has 1 aliphatic carbocycles. The predicted molar refractivity (Wildman–Crippen MR) is 251 cm³/mol. The molecule has 2 aromatic carbocycles. The highest BCUT2D eigenvalue weighted by Gasteiger charge is 2.61. The fourth-order valence-corrected chi connectivity index (χ4v) is 9.39. The summed E-state index contributed by atoms with van der Waals surface area (Å²) in [6, 6.07) is 10.7. The molecule has 3 aliphatic rings. The highest BCUT2D eigenvalue weighted by Crippen LogP contribution is 2.45. The van der Waals surface area contributed by atoms with Crippen molar-refractivity contribution in [3.05, 3.63) is 71.6 Å². The van der Waals surface area contributed by atoms with Crippen molar-refractivity contribution < 1.29 is 38.6 Å². The first-order valence-electron chi connectivity index (χ1n) is 22.4. The Kier molecular flexibility index (Phi) is 14.3. The Labute approximate surface area is 383 Å². The van der Waals surface area contributed by atoms with E-state index in [-0.39, 0.29) is 43.6 Å². The zero-order valence-electron chi connectivity index (χ0n) is 38.1. The van der Waals surface area contributed by atoms with Crippen LogP contribution in [0.1, 0.15) is 83.0 Å². The number of carboxylic acids is 1. The Morgan fingerprint density at radius 1 is 1.00 bits per heavy atom. The Balaban J connectivity index is 1.19. The molecular formula is C48H60N8O8S. The van der Waals surface area contributed by atoms with E-state index < -0.39 is 59.5 Å². The summed E-state index contributed by atoms with van der Waals surface area (Å²) < 4.78 is 12.3. The number of benzene rings is 2. The summed E-state index contributed by atoms with van der Waals surface area (Å²) in [5, 5.41) is 25.6. The van der Waals surface area contributed by atoms with E-state index in [1.165, 1.54) is 16.2 Å². The number of aromatic nitrogens is 2. The zero-order chi connectivity index (χ0) is 46.6. The first-order chi connectivity index (χ1) is 31.1. The zero-order valence-corrected chi connectivity index (χ0v) is 38.9. The lowest BCUT2D eigenvalue weighted by molar-refractivity contribution is -0.145. The van der Waals surface area contributed by atoms with E-state index in [0.717, 1.165) is 23.7 Å². The standard InChI is InChI=1S/C48H60N8O8S/c1-27(2)41(42(57)29-15-17-31(18-16-29)55(5)6)53-46(62)51-35-14-12-10-8-9-11-13-30-24-48(30,45(60)61)54-43(58)39-22-33(25-56(39)44(35)59)64-40-23-37(38-26-65-47(52-38)49-28(3)4)50-36-21-32(63-7)19-20-34(36)40/h11,13,15-21,23,26-28,30,33,35,39,41H,8-10,12,14,22,24-25H2,1-7H3,(H,49,52)(H,54,58)(H,60,61)(H2,51,53,62)/b13-11-/t30?,33-,35+,39+,41+,48-/m1/s1. The van der Waals surface area contributed by atoms with Crippen LogP contribution in [0.15, 0.2) is 66.1 Å². The average Bonchev–Trinajstić information content (AvgIpc) is 3.53. The average molecular weight is 909 g/mol. The summed E-state index contributed by atoms with van der Waals surface area (Å²) in [6.45, 7) is 7.70. The number of methoxy groups -OCH3 is 1. The van der Waals surface area contributed by atoms with Crippen LogP contribution in [0, 0.1) is 11.8 Å². The number of hydrogen-bond donors (Lipinski definition) is 5. The van der Waals surface area contributed by atoms with Gasteiger partial charge >= 0.3 is 12.0 Å².